The Kier molecular flexibility index (Phi) is 6.94. The van der Waals surface area contributed by atoms with E-state index in [-0.39, 0.29) is 49.1 Å². The van der Waals surface area contributed by atoms with Crippen LogP contribution in [0.4, 0.5) is 5.69 Å². The first-order chi connectivity index (χ1) is 14.3. The first-order valence-electron chi connectivity index (χ1n) is 10.1. The monoisotopic (exact) mass is 418 g/mol. The van der Waals surface area contributed by atoms with Crippen molar-refractivity contribution in [2.45, 2.75) is 37.5 Å². The Morgan fingerprint density at radius 2 is 2.00 bits per heavy atom. The smallest absolute Gasteiger partial charge is 0.257 e. The zero-order valence-corrected chi connectivity index (χ0v) is 17.9. The molecule has 1 aromatic rings. The molecule has 9 nitrogen and oxygen atoms in total. The van der Waals surface area contributed by atoms with E-state index in [1.165, 1.54) is 0 Å². The fraction of sp³-hybridized carbons (Fsp3) is 0.571. The molecule has 3 amide bonds. The van der Waals surface area contributed by atoms with E-state index in [0.717, 1.165) is 6.42 Å². The Morgan fingerprint density at radius 3 is 2.70 bits per heavy atom. The molecule has 0 bridgehead atoms. The maximum absolute atomic E-state index is 13.2. The maximum Gasteiger partial charge on any atom is 0.257 e. The van der Waals surface area contributed by atoms with E-state index in [2.05, 4.69) is 10.6 Å². The van der Waals surface area contributed by atoms with E-state index in [4.69, 9.17) is 9.47 Å². The zero-order valence-electron chi connectivity index (χ0n) is 17.9. The standard InChI is InChI=1S/C21H30N4O5/c1-22-19(26)10-14-6-7-16-18(30-14)12-29-17-8-5-13(23-20(27)11-24(2)3)9-15(17)21(28)25(16)4/h5,8-9,14,16,18H,6-7,10-12H2,1-4H3,(H,22,26)(H,23,27)/t14-,16+,18-/m1/s1. The van der Waals surface area contributed by atoms with Crippen LogP contribution in [-0.4, -0.2) is 87.1 Å². The van der Waals surface area contributed by atoms with Gasteiger partial charge in [0.15, 0.2) is 0 Å². The van der Waals surface area contributed by atoms with Crippen molar-refractivity contribution in [1.29, 1.82) is 0 Å². The minimum atomic E-state index is -0.310. The molecule has 164 valence electrons. The molecule has 2 aliphatic heterocycles. The summed E-state index contributed by atoms with van der Waals surface area (Å²) in [6.45, 7) is 0.533. The van der Waals surface area contributed by atoms with Crippen LogP contribution in [-0.2, 0) is 14.3 Å². The van der Waals surface area contributed by atoms with Crippen LogP contribution in [0.1, 0.15) is 29.6 Å². The fourth-order valence-electron chi connectivity index (χ4n) is 3.90. The van der Waals surface area contributed by atoms with Gasteiger partial charge in [-0.15, -0.1) is 0 Å². The first kappa shape index (κ1) is 22.0. The Labute approximate surface area is 176 Å². The van der Waals surface area contributed by atoms with Gasteiger partial charge in [-0.25, -0.2) is 0 Å². The van der Waals surface area contributed by atoms with Crippen molar-refractivity contribution in [1.82, 2.24) is 15.1 Å². The molecule has 30 heavy (non-hydrogen) atoms. The topological polar surface area (TPSA) is 100 Å². The van der Waals surface area contributed by atoms with Gasteiger partial charge in [-0.05, 0) is 45.1 Å². The van der Waals surface area contributed by atoms with Crippen LogP contribution in [0.25, 0.3) is 0 Å². The van der Waals surface area contributed by atoms with E-state index in [9.17, 15) is 14.4 Å². The van der Waals surface area contributed by atoms with Gasteiger partial charge in [0.1, 0.15) is 18.5 Å². The highest BCUT2D eigenvalue weighted by Gasteiger charge is 2.39. The minimum Gasteiger partial charge on any atom is -0.490 e. The molecule has 0 radical (unpaired) electrons. The second-order valence-electron chi connectivity index (χ2n) is 8.04. The van der Waals surface area contributed by atoms with Crippen molar-refractivity contribution in [3.05, 3.63) is 23.8 Å². The average molecular weight is 418 g/mol. The molecule has 2 N–H and O–H groups in total. The summed E-state index contributed by atoms with van der Waals surface area (Å²) >= 11 is 0. The predicted octanol–water partition coefficient (Wildman–Crippen LogP) is 0.703. The number of fused-ring (bicyclic) bond motifs is 2. The lowest BCUT2D eigenvalue weighted by Gasteiger charge is -2.42. The van der Waals surface area contributed by atoms with Gasteiger partial charge in [0.25, 0.3) is 5.91 Å². The molecule has 0 aromatic heterocycles. The van der Waals surface area contributed by atoms with Crippen LogP contribution in [0.15, 0.2) is 18.2 Å². The van der Waals surface area contributed by atoms with Crippen LogP contribution in [0.2, 0.25) is 0 Å². The van der Waals surface area contributed by atoms with Crippen LogP contribution in [0.5, 0.6) is 5.75 Å². The number of nitrogens with zero attached hydrogens (tertiary/aromatic N) is 2. The molecule has 0 spiro atoms. The predicted molar refractivity (Wildman–Crippen MR) is 112 cm³/mol. The Balaban J connectivity index is 1.76. The van der Waals surface area contributed by atoms with Crippen LogP contribution in [0.3, 0.4) is 0 Å². The molecule has 0 unspecified atom stereocenters. The van der Waals surface area contributed by atoms with Crippen molar-refractivity contribution in [2.24, 2.45) is 0 Å². The van der Waals surface area contributed by atoms with Crippen LogP contribution < -0.4 is 15.4 Å². The molecule has 2 heterocycles. The molecule has 9 heteroatoms. The molecular weight excluding hydrogens is 388 g/mol. The Bertz CT molecular complexity index is 813. The van der Waals surface area contributed by atoms with Crippen molar-refractivity contribution >= 4 is 23.4 Å². The third-order valence-corrected chi connectivity index (χ3v) is 5.45. The largest absolute Gasteiger partial charge is 0.490 e. The number of amides is 3. The van der Waals surface area contributed by atoms with E-state index in [1.54, 1.807) is 42.1 Å². The van der Waals surface area contributed by atoms with Gasteiger partial charge in [-0.3, -0.25) is 14.4 Å². The van der Waals surface area contributed by atoms with Gasteiger partial charge in [0.2, 0.25) is 11.8 Å². The second-order valence-corrected chi connectivity index (χ2v) is 8.04. The molecule has 1 fully saturated rings. The van der Waals surface area contributed by atoms with Crippen molar-refractivity contribution in [2.75, 3.05) is 46.7 Å². The number of nitrogens with one attached hydrogen (secondary N) is 2. The zero-order chi connectivity index (χ0) is 21.8. The summed E-state index contributed by atoms with van der Waals surface area (Å²) in [4.78, 5) is 40.4. The summed E-state index contributed by atoms with van der Waals surface area (Å²) in [7, 11) is 6.99. The minimum absolute atomic E-state index is 0.0659. The van der Waals surface area contributed by atoms with Gasteiger partial charge in [-0.1, -0.05) is 0 Å². The molecule has 1 aromatic carbocycles. The Hall–Kier alpha value is -2.65. The van der Waals surface area contributed by atoms with Gasteiger partial charge in [0, 0.05) is 19.8 Å². The second kappa shape index (κ2) is 9.44. The highest BCUT2D eigenvalue weighted by Crippen LogP contribution is 2.32. The van der Waals surface area contributed by atoms with Gasteiger partial charge in [-0.2, -0.15) is 0 Å². The maximum atomic E-state index is 13.2. The molecular formula is C21H30N4O5. The number of hydrogen-bond donors (Lipinski definition) is 2. The van der Waals surface area contributed by atoms with Gasteiger partial charge >= 0.3 is 0 Å². The number of rotatable bonds is 5. The van der Waals surface area contributed by atoms with Crippen LogP contribution in [0, 0.1) is 0 Å². The summed E-state index contributed by atoms with van der Waals surface area (Å²) in [5, 5.41) is 5.43. The van der Waals surface area contributed by atoms with E-state index in [1.807, 2.05) is 14.1 Å². The van der Waals surface area contributed by atoms with Crippen molar-refractivity contribution < 1.29 is 23.9 Å². The summed E-state index contributed by atoms with van der Waals surface area (Å²) in [5.41, 5.74) is 0.958. The van der Waals surface area contributed by atoms with Gasteiger partial charge in [0.05, 0.1) is 30.7 Å². The number of anilines is 1. The molecule has 3 atom stereocenters. The number of hydrogen-bond acceptors (Lipinski definition) is 6. The third-order valence-electron chi connectivity index (χ3n) is 5.45. The fourth-order valence-corrected chi connectivity index (χ4v) is 3.90. The Morgan fingerprint density at radius 1 is 1.23 bits per heavy atom. The number of ether oxygens (including phenoxy) is 2. The van der Waals surface area contributed by atoms with Crippen molar-refractivity contribution in [3.63, 3.8) is 0 Å². The normalized spacial score (nSPS) is 23.6. The lowest BCUT2D eigenvalue weighted by atomic mass is 9.94. The first-order valence-corrected chi connectivity index (χ1v) is 10.1. The lowest BCUT2D eigenvalue weighted by Crippen LogP contribution is -2.53. The molecule has 3 rings (SSSR count). The highest BCUT2D eigenvalue weighted by atomic mass is 16.5. The molecule has 1 saturated heterocycles. The summed E-state index contributed by atoms with van der Waals surface area (Å²) in [6.07, 6.45) is 1.22. The van der Waals surface area contributed by atoms with Crippen molar-refractivity contribution in [3.8, 4) is 5.75 Å². The lowest BCUT2D eigenvalue weighted by molar-refractivity contribution is -0.133. The quantitative estimate of drug-likeness (QED) is 0.730. The number of benzene rings is 1. The van der Waals surface area contributed by atoms with E-state index < -0.39 is 0 Å². The number of carbonyl (C=O) groups excluding carboxylic acids is 3. The third kappa shape index (κ3) is 5.09. The summed E-state index contributed by atoms with van der Waals surface area (Å²) < 4.78 is 12.0. The van der Waals surface area contributed by atoms with E-state index in [0.29, 0.717) is 29.8 Å². The van der Waals surface area contributed by atoms with E-state index >= 15 is 0 Å². The molecule has 0 aliphatic carbocycles. The summed E-state index contributed by atoms with van der Waals surface area (Å²) in [6, 6.07) is 4.92. The van der Waals surface area contributed by atoms with Gasteiger partial charge < -0.3 is 29.9 Å². The van der Waals surface area contributed by atoms with Crippen LogP contribution >= 0.6 is 0 Å². The SMILES string of the molecule is CNC(=O)C[C@H]1CC[C@H]2[C@@H](COc3ccc(NC(=O)CN(C)C)cc3C(=O)N2C)O1. The number of likely N-dealkylation sites (N-methyl/N-ethyl adjacent to an activating group) is 2. The summed E-state index contributed by atoms with van der Waals surface area (Å²) in [5.74, 6) is 0.0453. The highest BCUT2D eigenvalue weighted by molar-refractivity contribution is 6.00. The average Bonchev–Trinajstić information content (AvgIpc) is 2.70. The molecule has 2 aliphatic rings. The molecule has 0 saturated carbocycles. The number of carbonyl (C=O) groups is 3.